The first-order valence-electron chi connectivity index (χ1n) is 17.0. The largest absolute Gasteiger partial charge is 0.214 e. The molecule has 0 saturated heterocycles. The summed E-state index contributed by atoms with van der Waals surface area (Å²) < 4.78 is 1.25. The van der Waals surface area contributed by atoms with Crippen molar-refractivity contribution < 1.29 is 24.2 Å². The van der Waals surface area contributed by atoms with E-state index in [0.717, 1.165) is 22.3 Å². The van der Waals surface area contributed by atoms with E-state index in [1.54, 1.807) is 0 Å². The fourth-order valence-electron chi connectivity index (χ4n) is 6.56. The summed E-state index contributed by atoms with van der Waals surface area (Å²) in [5.41, 5.74) is 12.7. The van der Waals surface area contributed by atoms with Crippen molar-refractivity contribution in [3.63, 3.8) is 0 Å². The van der Waals surface area contributed by atoms with Gasteiger partial charge in [0.2, 0.25) is 0 Å². The van der Waals surface area contributed by atoms with Crippen molar-refractivity contribution in [2.75, 3.05) is 0 Å². The molecule has 0 fully saturated rings. The van der Waals surface area contributed by atoms with Crippen LogP contribution >= 0.6 is 46.4 Å². The molecule has 0 radical (unpaired) electrons. The first kappa shape index (κ1) is 40.8. The molecule has 0 aliphatic carbocycles. The van der Waals surface area contributed by atoms with E-state index >= 15 is 0 Å². The Hall–Kier alpha value is -1.99. The SMILES string of the molecule is Cc1cc2[cH-]c3cc(C)c(C(C)(C)C)cc3c2cc1C(C)(C)C.ClCc1cc(CCl)cc([C](=[Zr+2])c2cc(CCl)cc(CCl)c2)c1.c1cc[cH-]c1. The molecule has 0 spiro atoms. The summed E-state index contributed by atoms with van der Waals surface area (Å²) in [6, 6.07) is 34.5. The second kappa shape index (κ2) is 17.7. The van der Waals surface area contributed by atoms with E-state index in [4.69, 9.17) is 46.4 Å². The van der Waals surface area contributed by atoms with Crippen LogP contribution in [0.4, 0.5) is 0 Å². The minimum absolute atomic E-state index is 0.180. The maximum atomic E-state index is 5.99. The maximum absolute atomic E-state index is 5.99. The Bertz CT molecular complexity index is 1860. The van der Waals surface area contributed by atoms with E-state index in [-0.39, 0.29) is 10.8 Å². The van der Waals surface area contributed by atoms with Crippen LogP contribution in [-0.2, 0) is 58.6 Å². The van der Waals surface area contributed by atoms with Gasteiger partial charge >= 0.3 is 167 Å². The molecule has 50 heavy (non-hydrogen) atoms. The summed E-state index contributed by atoms with van der Waals surface area (Å²) in [4.78, 5) is 0. The van der Waals surface area contributed by atoms with Gasteiger partial charge in [0.05, 0.1) is 0 Å². The minimum atomic E-state index is 0.180. The van der Waals surface area contributed by atoms with Crippen molar-refractivity contribution in [3.8, 4) is 0 Å². The maximum Gasteiger partial charge on any atom is -0.172 e. The zero-order valence-electron chi connectivity index (χ0n) is 30.6. The Labute approximate surface area is 335 Å². The van der Waals surface area contributed by atoms with E-state index in [1.807, 2.05) is 42.5 Å². The Morgan fingerprint density at radius 3 is 1.14 bits per heavy atom. The Morgan fingerprint density at radius 2 is 0.880 bits per heavy atom. The molecule has 0 bridgehead atoms. The fraction of sp³-hybridized carbons (Fsp3) is 0.311. The normalized spacial score (nSPS) is 11.6. The summed E-state index contributed by atoms with van der Waals surface area (Å²) in [6.45, 7) is 18.3. The molecule has 260 valence electrons. The molecule has 0 aromatic heterocycles. The summed E-state index contributed by atoms with van der Waals surface area (Å²) >= 11 is 25.3. The molecule has 6 aromatic rings. The van der Waals surface area contributed by atoms with Crippen LogP contribution in [0, 0.1) is 13.8 Å². The molecule has 0 unspecified atom stereocenters. The number of hydrogen-bond donors (Lipinski definition) is 0. The van der Waals surface area contributed by atoms with Crippen molar-refractivity contribution in [1.82, 2.24) is 0 Å². The average molecular weight is 822 g/mol. The van der Waals surface area contributed by atoms with Crippen LogP contribution in [0.5, 0.6) is 0 Å². The third-order valence-electron chi connectivity index (χ3n) is 8.87. The van der Waals surface area contributed by atoms with Gasteiger partial charge < -0.3 is 0 Å². The van der Waals surface area contributed by atoms with Gasteiger partial charge in [-0.05, 0) is 24.7 Å². The molecule has 6 aromatic carbocycles. The Balaban J connectivity index is 0.000000197. The van der Waals surface area contributed by atoms with E-state index in [1.165, 1.54) is 82.4 Å². The van der Waals surface area contributed by atoms with Gasteiger partial charge in [-0.1, -0.05) is 75.9 Å². The van der Waals surface area contributed by atoms with Crippen molar-refractivity contribution >= 4 is 71.2 Å². The van der Waals surface area contributed by atoms with Gasteiger partial charge in [0, 0.05) is 0 Å². The third kappa shape index (κ3) is 10.3. The Kier molecular flexibility index (Phi) is 14.4. The fourth-order valence-corrected chi connectivity index (χ4v) is 7.89. The molecule has 0 amide bonds. The molecular weight excluding hydrogens is 774 g/mol. The van der Waals surface area contributed by atoms with Gasteiger partial charge in [-0.3, -0.25) is 0 Å². The molecule has 0 aliphatic heterocycles. The van der Waals surface area contributed by atoms with Crippen LogP contribution in [0.3, 0.4) is 0 Å². The summed E-state index contributed by atoms with van der Waals surface area (Å²) in [5, 5.41) is 5.55. The van der Waals surface area contributed by atoms with Crippen molar-refractivity contribution in [1.29, 1.82) is 0 Å². The summed E-state index contributed by atoms with van der Waals surface area (Å²) in [6.07, 6.45) is 0. The monoisotopic (exact) mass is 818 g/mol. The second-order valence-electron chi connectivity index (χ2n) is 15.1. The van der Waals surface area contributed by atoms with Crippen molar-refractivity contribution in [3.05, 3.63) is 153 Å². The van der Waals surface area contributed by atoms with Gasteiger partial charge in [0.15, 0.2) is 0 Å². The van der Waals surface area contributed by atoms with Crippen LogP contribution in [0.15, 0.2) is 97.1 Å². The average Bonchev–Trinajstić information content (AvgIpc) is 3.77. The van der Waals surface area contributed by atoms with Gasteiger partial charge in [-0.2, -0.15) is 18.2 Å². The molecular formula is C45H48Cl4Zr. The molecule has 0 heterocycles. The number of fused-ring (bicyclic) bond motifs is 3. The number of halogens is 4. The molecule has 0 saturated carbocycles. The zero-order chi connectivity index (χ0) is 36.8. The van der Waals surface area contributed by atoms with E-state index in [0.29, 0.717) is 23.5 Å². The van der Waals surface area contributed by atoms with Crippen LogP contribution in [0.1, 0.15) is 97.2 Å². The van der Waals surface area contributed by atoms with Crippen LogP contribution in [0.2, 0.25) is 0 Å². The van der Waals surface area contributed by atoms with Crippen LogP contribution in [0.25, 0.3) is 21.5 Å². The molecule has 0 aliphatic rings. The molecule has 0 atom stereocenters. The predicted octanol–water partition coefficient (Wildman–Crippen LogP) is 14.1. The number of benzene rings is 4. The Morgan fingerprint density at radius 1 is 0.540 bits per heavy atom. The number of hydrogen-bond acceptors (Lipinski definition) is 0. The van der Waals surface area contributed by atoms with Crippen molar-refractivity contribution in [2.45, 2.75) is 89.7 Å². The van der Waals surface area contributed by atoms with E-state index in [9.17, 15) is 0 Å². The standard InChI is InChI=1S/C23H29.C17H14Cl4.C5H5.Zr/c1-14-9-16-11-17-10-15(2)21(23(6,7)8)13-19(17)18(16)12-20(14)22(3,4)5;18-8-14-2-12(3-15(6-14)9-19)1-13-4-16(10-20)7-17(5-13)11-21;1-2-4-5-3-1;/h9-13H,1-8H3;2-7H,8-11H2;1-5H;/q-1;;-1;+2. The molecule has 0 N–H and O–H groups in total. The van der Waals surface area contributed by atoms with E-state index in [2.05, 4.69) is 110 Å². The van der Waals surface area contributed by atoms with Crippen LogP contribution < -0.4 is 0 Å². The zero-order valence-corrected chi connectivity index (χ0v) is 36.1. The predicted molar refractivity (Wildman–Crippen MR) is 220 cm³/mol. The third-order valence-corrected chi connectivity index (χ3v) is 11.5. The second-order valence-corrected chi connectivity index (χ2v) is 17.4. The van der Waals surface area contributed by atoms with Gasteiger partial charge in [-0.15, -0.1) is 39.7 Å². The van der Waals surface area contributed by atoms with Crippen molar-refractivity contribution in [2.24, 2.45) is 0 Å². The quantitative estimate of drug-likeness (QED) is 0.116. The van der Waals surface area contributed by atoms with Crippen LogP contribution in [-0.4, -0.2) is 3.21 Å². The first-order chi connectivity index (χ1) is 23.6. The molecule has 0 nitrogen and oxygen atoms in total. The van der Waals surface area contributed by atoms with E-state index < -0.39 is 0 Å². The molecule has 6 rings (SSSR count). The number of alkyl halides is 4. The van der Waals surface area contributed by atoms with Gasteiger partial charge in [0.25, 0.3) is 0 Å². The first-order valence-corrected chi connectivity index (χ1v) is 20.4. The summed E-state index contributed by atoms with van der Waals surface area (Å²) in [5.74, 6) is 1.93. The number of rotatable bonds is 6. The summed E-state index contributed by atoms with van der Waals surface area (Å²) in [7, 11) is 0. The van der Waals surface area contributed by atoms with Gasteiger partial charge in [0.1, 0.15) is 0 Å². The molecule has 5 heteroatoms. The number of aryl methyl sites for hydroxylation is 2. The minimum Gasteiger partial charge on any atom is -0.214 e. The topological polar surface area (TPSA) is 0 Å². The smallest absolute Gasteiger partial charge is 0.172 e. The van der Waals surface area contributed by atoms with Gasteiger partial charge in [-0.25, -0.2) is 12.1 Å².